The molecule has 0 aliphatic carbocycles. The van der Waals surface area contributed by atoms with Gasteiger partial charge in [-0.25, -0.2) is 0 Å². The van der Waals surface area contributed by atoms with Crippen LogP contribution in [-0.4, -0.2) is 65.6 Å². The Morgan fingerprint density at radius 2 is 1.88 bits per heavy atom. The Morgan fingerprint density at radius 3 is 2.52 bits per heavy atom. The quantitative estimate of drug-likeness (QED) is 0.861. The van der Waals surface area contributed by atoms with Gasteiger partial charge in [0, 0.05) is 31.7 Å². The van der Waals surface area contributed by atoms with Gasteiger partial charge in [-0.15, -0.1) is 12.4 Å². The van der Waals surface area contributed by atoms with Crippen molar-refractivity contribution in [2.75, 3.05) is 39.8 Å². The Kier molecular flexibility index (Phi) is 6.92. The van der Waals surface area contributed by atoms with E-state index in [4.69, 9.17) is 4.52 Å². The van der Waals surface area contributed by atoms with Gasteiger partial charge in [0.05, 0.1) is 13.1 Å². The Balaban J connectivity index is 0.00000225. The number of carbonyl (C=O) groups is 1. The van der Waals surface area contributed by atoms with Gasteiger partial charge in [-0.05, 0) is 14.0 Å². The molecule has 1 fully saturated rings. The highest BCUT2D eigenvalue weighted by atomic mass is 35.5. The van der Waals surface area contributed by atoms with Gasteiger partial charge in [0.1, 0.15) is 0 Å². The molecule has 1 aromatic heterocycles. The fraction of sp³-hybridized carbons (Fsp3) is 0.471. The minimum Gasteiger partial charge on any atom is -0.339 e. The fourth-order valence-corrected chi connectivity index (χ4v) is 2.75. The summed E-state index contributed by atoms with van der Waals surface area (Å²) >= 11 is 0. The van der Waals surface area contributed by atoms with E-state index in [0.29, 0.717) is 24.8 Å². The van der Waals surface area contributed by atoms with Crippen LogP contribution >= 0.6 is 12.4 Å². The first-order chi connectivity index (χ1) is 11.7. The highest BCUT2D eigenvalue weighted by molar-refractivity contribution is 5.85. The monoisotopic (exact) mass is 365 g/mol. The summed E-state index contributed by atoms with van der Waals surface area (Å²) in [6, 6.07) is 8.06. The molecule has 3 rings (SSSR count). The predicted molar refractivity (Wildman–Crippen MR) is 97.5 cm³/mol. The Bertz CT molecular complexity index is 681. The SMILES string of the molecule is CNCC(=O)N1CCN(Cc2nc(-c3ccc(C)cc3)no2)CC1.Cl. The summed E-state index contributed by atoms with van der Waals surface area (Å²) in [5, 5.41) is 6.96. The number of piperazine rings is 1. The van der Waals surface area contributed by atoms with Crippen molar-refractivity contribution in [3.8, 4) is 11.4 Å². The summed E-state index contributed by atoms with van der Waals surface area (Å²) in [6.45, 7) is 6.16. The normalized spacial score (nSPS) is 15.0. The van der Waals surface area contributed by atoms with Crippen LogP contribution in [0.5, 0.6) is 0 Å². The maximum Gasteiger partial charge on any atom is 0.241 e. The molecule has 2 aromatic rings. The topological polar surface area (TPSA) is 74.5 Å². The third-order valence-electron chi connectivity index (χ3n) is 4.19. The molecule has 1 saturated heterocycles. The van der Waals surface area contributed by atoms with E-state index in [2.05, 4.69) is 20.4 Å². The van der Waals surface area contributed by atoms with Crippen molar-refractivity contribution in [3.05, 3.63) is 35.7 Å². The zero-order valence-electron chi connectivity index (χ0n) is 14.6. The molecule has 0 radical (unpaired) electrons. The van der Waals surface area contributed by atoms with Crippen LogP contribution in [0, 0.1) is 6.92 Å². The maximum atomic E-state index is 11.9. The summed E-state index contributed by atoms with van der Waals surface area (Å²) in [5.74, 6) is 1.38. The highest BCUT2D eigenvalue weighted by Crippen LogP contribution is 2.17. The zero-order valence-corrected chi connectivity index (χ0v) is 15.4. The van der Waals surface area contributed by atoms with Gasteiger partial charge in [-0.2, -0.15) is 4.98 Å². The number of amides is 1. The van der Waals surface area contributed by atoms with Crippen LogP contribution in [0.1, 0.15) is 11.5 Å². The largest absolute Gasteiger partial charge is 0.339 e. The first-order valence-corrected chi connectivity index (χ1v) is 8.20. The van der Waals surface area contributed by atoms with Crippen LogP contribution in [0.25, 0.3) is 11.4 Å². The first-order valence-electron chi connectivity index (χ1n) is 8.20. The summed E-state index contributed by atoms with van der Waals surface area (Å²) in [4.78, 5) is 20.4. The molecule has 2 heterocycles. The number of aryl methyl sites for hydroxylation is 1. The minimum absolute atomic E-state index is 0. The second-order valence-corrected chi connectivity index (χ2v) is 6.07. The molecule has 1 aliphatic heterocycles. The number of benzene rings is 1. The van der Waals surface area contributed by atoms with Crippen LogP contribution in [0.4, 0.5) is 0 Å². The van der Waals surface area contributed by atoms with Crippen molar-refractivity contribution in [2.45, 2.75) is 13.5 Å². The molecule has 25 heavy (non-hydrogen) atoms. The molecule has 0 atom stereocenters. The number of rotatable bonds is 5. The molecule has 1 amide bonds. The standard InChI is InChI=1S/C17H23N5O2.ClH/c1-13-3-5-14(6-4-13)17-19-15(24-20-17)12-21-7-9-22(10-8-21)16(23)11-18-2;/h3-6,18H,7-12H2,1-2H3;1H. The van der Waals surface area contributed by atoms with Crippen molar-refractivity contribution < 1.29 is 9.32 Å². The van der Waals surface area contributed by atoms with E-state index in [0.717, 1.165) is 31.7 Å². The van der Waals surface area contributed by atoms with Gasteiger partial charge in [0.25, 0.3) is 0 Å². The van der Waals surface area contributed by atoms with E-state index >= 15 is 0 Å². The number of likely N-dealkylation sites (N-methyl/N-ethyl adjacent to an activating group) is 1. The molecular formula is C17H24ClN5O2. The van der Waals surface area contributed by atoms with Crippen molar-refractivity contribution >= 4 is 18.3 Å². The van der Waals surface area contributed by atoms with Crippen LogP contribution < -0.4 is 5.32 Å². The van der Waals surface area contributed by atoms with Crippen LogP contribution in [0.2, 0.25) is 0 Å². The van der Waals surface area contributed by atoms with E-state index in [-0.39, 0.29) is 18.3 Å². The van der Waals surface area contributed by atoms with Crippen molar-refractivity contribution in [1.82, 2.24) is 25.3 Å². The van der Waals surface area contributed by atoms with Crippen molar-refractivity contribution in [1.29, 1.82) is 0 Å². The first kappa shape index (κ1) is 19.4. The number of nitrogens with one attached hydrogen (secondary N) is 1. The summed E-state index contributed by atoms with van der Waals surface area (Å²) in [7, 11) is 1.79. The van der Waals surface area contributed by atoms with Gasteiger partial charge in [-0.3, -0.25) is 9.69 Å². The number of aromatic nitrogens is 2. The fourth-order valence-electron chi connectivity index (χ4n) is 2.75. The van der Waals surface area contributed by atoms with E-state index in [1.165, 1.54) is 5.56 Å². The third kappa shape index (κ3) is 5.01. The average Bonchev–Trinajstić information content (AvgIpc) is 3.05. The number of nitrogens with zero attached hydrogens (tertiary/aromatic N) is 4. The van der Waals surface area contributed by atoms with Crippen LogP contribution in [-0.2, 0) is 11.3 Å². The lowest BCUT2D eigenvalue weighted by Gasteiger charge is -2.33. The average molecular weight is 366 g/mol. The molecule has 1 aromatic carbocycles. The van der Waals surface area contributed by atoms with Gasteiger partial charge in [0.2, 0.25) is 17.6 Å². The Labute approximate surface area is 153 Å². The predicted octanol–water partition coefficient (Wildman–Crippen LogP) is 1.33. The summed E-state index contributed by atoms with van der Waals surface area (Å²) in [6.07, 6.45) is 0. The van der Waals surface area contributed by atoms with Crippen LogP contribution in [0.15, 0.2) is 28.8 Å². The van der Waals surface area contributed by atoms with E-state index in [1.54, 1.807) is 7.05 Å². The van der Waals surface area contributed by atoms with Crippen molar-refractivity contribution in [3.63, 3.8) is 0 Å². The lowest BCUT2D eigenvalue weighted by atomic mass is 10.1. The molecule has 0 bridgehead atoms. The number of halogens is 1. The molecule has 7 nitrogen and oxygen atoms in total. The second kappa shape index (κ2) is 8.94. The number of carbonyl (C=O) groups excluding carboxylic acids is 1. The lowest BCUT2D eigenvalue weighted by molar-refractivity contribution is -0.131. The van der Waals surface area contributed by atoms with Gasteiger partial charge in [0.15, 0.2) is 0 Å². The smallest absolute Gasteiger partial charge is 0.241 e. The second-order valence-electron chi connectivity index (χ2n) is 6.07. The third-order valence-corrected chi connectivity index (χ3v) is 4.19. The van der Waals surface area contributed by atoms with Crippen LogP contribution in [0.3, 0.4) is 0 Å². The minimum atomic E-state index is 0. The highest BCUT2D eigenvalue weighted by Gasteiger charge is 2.22. The van der Waals surface area contributed by atoms with E-state index in [1.807, 2.05) is 36.1 Å². The molecular weight excluding hydrogens is 342 g/mol. The molecule has 0 saturated carbocycles. The molecule has 0 unspecified atom stereocenters. The molecule has 1 aliphatic rings. The van der Waals surface area contributed by atoms with Gasteiger partial charge >= 0.3 is 0 Å². The Hall–Kier alpha value is -1.96. The summed E-state index contributed by atoms with van der Waals surface area (Å²) in [5.41, 5.74) is 2.16. The lowest BCUT2D eigenvalue weighted by Crippen LogP contribution is -2.50. The molecule has 0 spiro atoms. The van der Waals surface area contributed by atoms with Gasteiger partial charge < -0.3 is 14.7 Å². The van der Waals surface area contributed by atoms with Crippen molar-refractivity contribution in [2.24, 2.45) is 0 Å². The molecule has 8 heteroatoms. The zero-order chi connectivity index (χ0) is 16.9. The number of hydrogen-bond donors (Lipinski definition) is 1. The molecule has 1 N–H and O–H groups in total. The van der Waals surface area contributed by atoms with E-state index in [9.17, 15) is 4.79 Å². The summed E-state index contributed by atoms with van der Waals surface area (Å²) < 4.78 is 5.37. The van der Waals surface area contributed by atoms with E-state index < -0.39 is 0 Å². The molecule has 136 valence electrons. The van der Waals surface area contributed by atoms with Gasteiger partial charge in [-0.1, -0.05) is 35.0 Å². The maximum absolute atomic E-state index is 11.9. The number of hydrogen-bond acceptors (Lipinski definition) is 6. The Morgan fingerprint density at radius 1 is 1.20 bits per heavy atom.